The lowest BCUT2D eigenvalue weighted by molar-refractivity contribution is -0.116. The number of amides is 1. The van der Waals surface area contributed by atoms with E-state index in [2.05, 4.69) is 15.6 Å². The molecule has 0 aliphatic rings. The third-order valence-corrected chi connectivity index (χ3v) is 3.00. The average molecular weight is 257 g/mol. The van der Waals surface area contributed by atoms with Gasteiger partial charge in [0.05, 0.1) is 11.9 Å². The Morgan fingerprint density at radius 3 is 2.59 bits per heavy atom. The molecule has 17 heavy (non-hydrogen) atoms. The van der Waals surface area contributed by atoms with Crippen molar-refractivity contribution in [2.24, 2.45) is 0 Å². The summed E-state index contributed by atoms with van der Waals surface area (Å²) in [6.07, 6.45) is 2.76. The van der Waals surface area contributed by atoms with Crippen molar-refractivity contribution in [3.63, 3.8) is 0 Å². The first-order valence-electron chi connectivity index (χ1n) is 5.04. The van der Waals surface area contributed by atoms with E-state index in [0.717, 1.165) is 6.26 Å². The third-order valence-electron chi connectivity index (χ3n) is 2.00. The molecule has 0 spiro atoms. The SMILES string of the molecule is CNCCC(=O)Nc1ccc(S(C)(=O)=O)nc1. The maximum Gasteiger partial charge on any atom is 0.225 e. The Balaban J connectivity index is 2.66. The lowest BCUT2D eigenvalue weighted by atomic mass is 10.3. The highest BCUT2D eigenvalue weighted by Gasteiger charge is 2.08. The zero-order valence-electron chi connectivity index (χ0n) is 9.73. The van der Waals surface area contributed by atoms with E-state index in [1.165, 1.54) is 18.3 Å². The van der Waals surface area contributed by atoms with E-state index in [4.69, 9.17) is 0 Å². The number of sulfone groups is 1. The van der Waals surface area contributed by atoms with Gasteiger partial charge in [-0.1, -0.05) is 0 Å². The van der Waals surface area contributed by atoms with Crippen molar-refractivity contribution in [2.75, 3.05) is 25.2 Å². The fraction of sp³-hybridized carbons (Fsp3) is 0.400. The third kappa shape index (κ3) is 4.49. The molecular formula is C10H15N3O3S. The molecule has 0 aliphatic heterocycles. The van der Waals surface area contributed by atoms with Crippen molar-refractivity contribution < 1.29 is 13.2 Å². The van der Waals surface area contributed by atoms with Gasteiger partial charge >= 0.3 is 0 Å². The van der Waals surface area contributed by atoms with Gasteiger partial charge in [0.1, 0.15) is 0 Å². The summed E-state index contributed by atoms with van der Waals surface area (Å²) < 4.78 is 22.3. The summed E-state index contributed by atoms with van der Waals surface area (Å²) in [7, 11) is -1.54. The van der Waals surface area contributed by atoms with Crippen LogP contribution in [0.15, 0.2) is 23.4 Å². The Hall–Kier alpha value is -1.47. The second-order valence-corrected chi connectivity index (χ2v) is 5.52. The summed E-state index contributed by atoms with van der Waals surface area (Å²) in [6.45, 7) is 0.584. The molecule has 0 aromatic carbocycles. The number of pyridine rings is 1. The quantitative estimate of drug-likeness (QED) is 0.777. The maximum atomic E-state index is 11.4. The first-order valence-corrected chi connectivity index (χ1v) is 6.93. The lowest BCUT2D eigenvalue weighted by Gasteiger charge is -2.05. The van der Waals surface area contributed by atoms with Gasteiger partial charge in [-0.15, -0.1) is 0 Å². The zero-order valence-corrected chi connectivity index (χ0v) is 10.5. The first-order chi connectivity index (χ1) is 7.93. The molecule has 1 amide bonds. The van der Waals surface area contributed by atoms with Gasteiger partial charge in [-0.3, -0.25) is 4.79 Å². The van der Waals surface area contributed by atoms with Crippen molar-refractivity contribution in [1.82, 2.24) is 10.3 Å². The van der Waals surface area contributed by atoms with Crippen LogP contribution < -0.4 is 10.6 Å². The topological polar surface area (TPSA) is 88.2 Å². The Labute approximate surface area is 100 Å². The Kier molecular flexibility index (Phi) is 4.59. The number of carbonyl (C=O) groups is 1. The average Bonchev–Trinajstić information content (AvgIpc) is 2.26. The van der Waals surface area contributed by atoms with Crippen LogP contribution >= 0.6 is 0 Å². The number of rotatable bonds is 5. The molecule has 6 nitrogen and oxygen atoms in total. The van der Waals surface area contributed by atoms with E-state index < -0.39 is 9.84 Å². The largest absolute Gasteiger partial charge is 0.325 e. The minimum absolute atomic E-state index is 0.00859. The number of nitrogens with zero attached hydrogens (tertiary/aromatic N) is 1. The minimum atomic E-state index is -3.30. The molecule has 2 N–H and O–H groups in total. The summed E-state index contributed by atoms with van der Waals surface area (Å²) in [6, 6.07) is 2.88. The number of aromatic nitrogens is 1. The van der Waals surface area contributed by atoms with Crippen molar-refractivity contribution in [2.45, 2.75) is 11.4 Å². The van der Waals surface area contributed by atoms with Crippen LogP contribution in [0, 0.1) is 0 Å². The molecule has 0 radical (unpaired) electrons. The molecule has 1 aromatic rings. The van der Waals surface area contributed by atoms with Gasteiger partial charge in [0.15, 0.2) is 14.9 Å². The first kappa shape index (κ1) is 13.6. The highest BCUT2D eigenvalue weighted by molar-refractivity contribution is 7.90. The molecule has 94 valence electrons. The van der Waals surface area contributed by atoms with Crippen LogP contribution in [0.2, 0.25) is 0 Å². The molecule has 0 saturated heterocycles. The summed E-state index contributed by atoms with van der Waals surface area (Å²) >= 11 is 0. The van der Waals surface area contributed by atoms with Crippen LogP contribution in [0.5, 0.6) is 0 Å². The van der Waals surface area contributed by atoms with Crippen molar-refractivity contribution in [3.05, 3.63) is 18.3 Å². The summed E-state index contributed by atoms with van der Waals surface area (Å²) in [4.78, 5) is 15.1. The maximum absolute atomic E-state index is 11.4. The van der Waals surface area contributed by atoms with E-state index in [1.54, 1.807) is 7.05 Å². The Morgan fingerprint density at radius 2 is 2.12 bits per heavy atom. The van der Waals surface area contributed by atoms with Crippen LogP contribution in [-0.2, 0) is 14.6 Å². The Bertz CT molecular complexity index is 482. The molecule has 1 heterocycles. The van der Waals surface area contributed by atoms with Crippen molar-refractivity contribution in [3.8, 4) is 0 Å². The fourth-order valence-corrected chi connectivity index (χ4v) is 1.70. The number of carbonyl (C=O) groups excluding carboxylic acids is 1. The predicted molar refractivity (Wildman–Crippen MR) is 64.5 cm³/mol. The smallest absolute Gasteiger partial charge is 0.225 e. The molecular weight excluding hydrogens is 242 g/mol. The second-order valence-electron chi connectivity index (χ2n) is 3.56. The number of hydrogen-bond donors (Lipinski definition) is 2. The second kappa shape index (κ2) is 5.74. The van der Waals surface area contributed by atoms with Gasteiger partial charge in [-0.05, 0) is 19.2 Å². The molecule has 0 saturated carbocycles. The van der Waals surface area contributed by atoms with Crippen LogP contribution in [-0.4, -0.2) is 39.2 Å². The summed E-state index contributed by atoms with van der Waals surface area (Å²) in [5.74, 6) is -0.145. The molecule has 1 aromatic heterocycles. The standard InChI is InChI=1S/C10H15N3O3S/c1-11-6-5-9(14)13-8-3-4-10(12-7-8)17(2,15)16/h3-4,7,11H,5-6H2,1-2H3,(H,13,14). The number of hydrogen-bond acceptors (Lipinski definition) is 5. The van der Waals surface area contributed by atoms with Crippen molar-refractivity contribution >= 4 is 21.4 Å². The van der Waals surface area contributed by atoms with Crippen LogP contribution in [0.25, 0.3) is 0 Å². The summed E-state index contributed by atoms with van der Waals surface area (Å²) in [5, 5.41) is 5.47. The Morgan fingerprint density at radius 1 is 1.41 bits per heavy atom. The lowest BCUT2D eigenvalue weighted by Crippen LogP contribution is -2.18. The van der Waals surface area contributed by atoms with E-state index in [-0.39, 0.29) is 10.9 Å². The minimum Gasteiger partial charge on any atom is -0.325 e. The van der Waals surface area contributed by atoms with Gasteiger partial charge in [-0.2, -0.15) is 0 Å². The molecule has 0 fully saturated rings. The number of nitrogens with one attached hydrogen (secondary N) is 2. The molecule has 0 aliphatic carbocycles. The number of anilines is 1. The van der Waals surface area contributed by atoms with Gasteiger partial charge < -0.3 is 10.6 Å². The van der Waals surface area contributed by atoms with E-state index in [9.17, 15) is 13.2 Å². The molecule has 7 heteroatoms. The van der Waals surface area contributed by atoms with Gasteiger partial charge in [-0.25, -0.2) is 13.4 Å². The fourth-order valence-electron chi connectivity index (χ4n) is 1.14. The van der Waals surface area contributed by atoms with E-state index in [0.29, 0.717) is 18.7 Å². The molecule has 1 rings (SSSR count). The van der Waals surface area contributed by atoms with Crippen LogP contribution in [0.1, 0.15) is 6.42 Å². The van der Waals surface area contributed by atoms with Crippen LogP contribution in [0.4, 0.5) is 5.69 Å². The zero-order chi connectivity index (χ0) is 12.9. The van der Waals surface area contributed by atoms with Gasteiger partial charge in [0.2, 0.25) is 5.91 Å². The van der Waals surface area contributed by atoms with E-state index in [1.807, 2.05) is 0 Å². The monoisotopic (exact) mass is 257 g/mol. The van der Waals surface area contributed by atoms with Crippen molar-refractivity contribution in [1.29, 1.82) is 0 Å². The summed E-state index contributed by atoms with van der Waals surface area (Å²) in [5.41, 5.74) is 0.485. The molecule has 0 bridgehead atoms. The molecule has 0 atom stereocenters. The predicted octanol–water partition coefficient (Wildman–Crippen LogP) is 0.0331. The van der Waals surface area contributed by atoms with Gasteiger partial charge in [0, 0.05) is 19.2 Å². The van der Waals surface area contributed by atoms with Gasteiger partial charge in [0.25, 0.3) is 0 Å². The van der Waals surface area contributed by atoms with Crippen LogP contribution in [0.3, 0.4) is 0 Å². The highest BCUT2D eigenvalue weighted by Crippen LogP contribution is 2.10. The van der Waals surface area contributed by atoms with E-state index >= 15 is 0 Å². The normalized spacial score (nSPS) is 11.2. The highest BCUT2D eigenvalue weighted by atomic mass is 32.2. The molecule has 0 unspecified atom stereocenters.